The summed E-state index contributed by atoms with van der Waals surface area (Å²) in [6, 6.07) is 1.42. The first-order valence-electron chi connectivity index (χ1n) is 10.4. The van der Waals surface area contributed by atoms with Gasteiger partial charge in [0.2, 0.25) is 17.7 Å². The summed E-state index contributed by atoms with van der Waals surface area (Å²) in [5, 5.41) is 14.0. The molecule has 2 heterocycles. The second-order valence-corrected chi connectivity index (χ2v) is 9.59. The number of aliphatic hydroxyl groups is 1. The summed E-state index contributed by atoms with van der Waals surface area (Å²) in [5.41, 5.74) is 5.06. The van der Waals surface area contributed by atoms with E-state index in [0.717, 1.165) is 36.9 Å². The molecule has 1 aromatic carbocycles. The average Bonchev–Trinajstić information content (AvgIpc) is 3.42. The second kappa shape index (κ2) is 11.8. The van der Waals surface area contributed by atoms with Gasteiger partial charge in [0.05, 0.1) is 18.1 Å². The van der Waals surface area contributed by atoms with Crippen LogP contribution in [-0.4, -0.2) is 64.9 Å². The molecule has 34 heavy (non-hydrogen) atoms. The van der Waals surface area contributed by atoms with Gasteiger partial charge in [-0.15, -0.1) is 0 Å². The van der Waals surface area contributed by atoms with Crippen LogP contribution in [-0.2, 0) is 20.9 Å². The van der Waals surface area contributed by atoms with Crippen LogP contribution >= 0.6 is 27.9 Å². The van der Waals surface area contributed by atoms with Gasteiger partial charge >= 0.3 is 6.03 Å². The Balaban J connectivity index is 1.49. The Bertz CT molecular complexity index is 956. The molecule has 3 unspecified atom stereocenters. The summed E-state index contributed by atoms with van der Waals surface area (Å²) in [4.78, 5) is 37.9. The predicted molar refractivity (Wildman–Crippen MR) is 123 cm³/mol. The van der Waals surface area contributed by atoms with Crippen molar-refractivity contribution >= 4 is 51.6 Å². The van der Waals surface area contributed by atoms with Gasteiger partial charge in [-0.05, 0) is 25.0 Å². The van der Waals surface area contributed by atoms with Gasteiger partial charge in [0, 0.05) is 36.1 Å². The van der Waals surface area contributed by atoms with Crippen molar-refractivity contribution in [1.29, 1.82) is 0 Å². The van der Waals surface area contributed by atoms with E-state index in [0.29, 0.717) is 13.1 Å². The third-order valence-corrected chi connectivity index (χ3v) is 6.60. The molecule has 0 aromatic heterocycles. The highest BCUT2D eigenvalue weighted by atomic mass is 79.9. The van der Waals surface area contributed by atoms with Gasteiger partial charge in [-0.2, -0.15) is 4.40 Å². The molecule has 14 heteroatoms. The number of hydrogen-bond acceptors (Lipinski definition) is 7. The number of rotatable bonds is 8. The number of aliphatic hydroxyl groups excluding tert-OH is 1. The van der Waals surface area contributed by atoms with Crippen LogP contribution in [0.5, 0.6) is 0 Å². The molecule has 1 saturated heterocycles. The number of halogens is 3. The van der Waals surface area contributed by atoms with Crippen molar-refractivity contribution in [3.63, 3.8) is 0 Å². The van der Waals surface area contributed by atoms with Crippen LogP contribution in [0.15, 0.2) is 21.0 Å². The SMILES string of the molecule is NC(=O)C1C(OCc2c(F)cc(Br)cc2F)=NSC1NC(=O)NCC(O)CC(=O)N1CCCC1. The number of primary amides is 1. The molecule has 186 valence electrons. The van der Waals surface area contributed by atoms with Crippen LogP contribution in [0.3, 0.4) is 0 Å². The van der Waals surface area contributed by atoms with Crippen LogP contribution in [0.1, 0.15) is 24.8 Å². The van der Waals surface area contributed by atoms with Crippen molar-refractivity contribution in [3.05, 3.63) is 33.8 Å². The molecule has 2 aliphatic rings. The highest BCUT2D eigenvalue weighted by Crippen LogP contribution is 2.30. The first-order valence-corrected chi connectivity index (χ1v) is 12.1. The summed E-state index contributed by atoms with van der Waals surface area (Å²) in [7, 11) is 0. The summed E-state index contributed by atoms with van der Waals surface area (Å²) in [6.07, 6.45) is 0.673. The van der Waals surface area contributed by atoms with Crippen molar-refractivity contribution in [2.75, 3.05) is 19.6 Å². The summed E-state index contributed by atoms with van der Waals surface area (Å²) < 4.78 is 37.5. The minimum atomic E-state index is -1.18. The lowest BCUT2D eigenvalue weighted by molar-refractivity contribution is -0.132. The zero-order chi connectivity index (χ0) is 24.8. The zero-order valence-corrected chi connectivity index (χ0v) is 20.3. The van der Waals surface area contributed by atoms with Gasteiger partial charge in [0.1, 0.15) is 29.5 Å². The van der Waals surface area contributed by atoms with Gasteiger partial charge in [0.25, 0.3) is 0 Å². The Morgan fingerprint density at radius 2 is 1.94 bits per heavy atom. The number of amides is 4. The summed E-state index contributed by atoms with van der Waals surface area (Å²) in [5.74, 6) is -4.09. The number of carbonyl (C=O) groups excluding carboxylic acids is 3. The number of hydrogen-bond donors (Lipinski definition) is 4. The normalized spacial score (nSPS) is 20.6. The number of nitrogens with two attached hydrogens (primary N) is 1. The monoisotopic (exact) mass is 563 g/mol. The van der Waals surface area contributed by atoms with E-state index in [9.17, 15) is 28.3 Å². The maximum atomic E-state index is 14.0. The van der Waals surface area contributed by atoms with Crippen LogP contribution < -0.4 is 16.4 Å². The molecule has 0 saturated carbocycles. The van der Waals surface area contributed by atoms with Crippen LogP contribution in [0.25, 0.3) is 0 Å². The van der Waals surface area contributed by atoms with E-state index in [-0.39, 0.29) is 34.8 Å². The van der Waals surface area contributed by atoms with Gasteiger partial charge in [-0.25, -0.2) is 13.6 Å². The first kappa shape index (κ1) is 26.2. The van der Waals surface area contributed by atoms with Crippen molar-refractivity contribution < 1.29 is 33.0 Å². The van der Waals surface area contributed by atoms with Crippen molar-refractivity contribution in [2.45, 2.75) is 37.3 Å². The van der Waals surface area contributed by atoms with E-state index in [4.69, 9.17) is 10.5 Å². The Morgan fingerprint density at radius 3 is 2.56 bits per heavy atom. The standard InChI is InChI=1S/C20H24BrF2N5O5S/c21-10-5-13(22)12(14(23)6-10)9-33-18-16(17(24)31)19(34-27-18)26-20(32)25-8-11(29)7-15(30)28-3-1-2-4-28/h5-6,11,16,19,29H,1-4,7-9H2,(H2,24,31)(H2,25,26,32). The molecule has 1 fully saturated rings. The van der Waals surface area contributed by atoms with Crippen LogP contribution in [0.2, 0.25) is 0 Å². The number of benzene rings is 1. The number of nitrogens with zero attached hydrogens (tertiary/aromatic N) is 2. The zero-order valence-electron chi connectivity index (χ0n) is 17.9. The van der Waals surface area contributed by atoms with E-state index in [1.807, 2.05) is 0 Å². The molecule has 4 amide bonds. The maximum Gasteiger partial charge on any atom is 0.315 e. The molecule has 10 nitrogen and oxygen atoms in total. The molecule has 1 aromatic rings. The van der Waals surface area contributed by atoms with E-state index >= 15 is 0 Å². The van der Waals surface area contributed by atoms with Crippen molar-refractivity contribution in [3.8, 4) is 0 Å². The van der Waals surface area contributed by atoms with E-state index in [1.54, 1.807) is 4.90 Å². The topological polar surface area (TPSA) is 146 Å². The van der Waals surface area contributed by atoms with Crippen LogP contribution in [0.4, 0.5) is 13.6 Å². The van der Waals surface area contributed by atoms with Crippen molar-refractivity contribution in [2.24, 2.45) is 16.0 Å². The van der Waals surface area contributed by atoms with E-state index < -0.39 is 47.6 Å². The van der Waals surface area contributed by atoms with Crippen LogP contribution in [0, 0.1) is 17.6 Å². The molecular formula is C20H24BrF2N5O5S. The van der Waals surface area contributed by atoms with Gasteiger partial charge in [-0.1, -0.05) is 15.9 Å². The summed E-state index contributed by atoms with van der Waals surface area (Å²) >= 11 is 3.78. The molecule has 3 atom stereocenters. The van der Waals surface area contributed by atoms with E-state index in [2.05, 4.69) is 31.0 Å². The number of ether oxygens (including phenoxy) is 1. The maximum absolute atomic E-state index is 14.0. The molecule has 0 aliphatic carbocycles. The number of likely N-dealkylation sites (tertiary alicyclic amines) is 1. The van der Waals surface area contributed by atoms with E-state index in [1.165, 1.54) is 0 Å². The molecule has 5 N–H and O–H groups in total. The first-order chi connectivity index (χ1) is 16.2. The lowest BCUT2D eigenvalue weighted by atomic mass is 10.1. The molecule has 2 aliphatic heterocycles. The average molecular weight is 564 g/mol. The minimum Gasteiger partial charge on any atom is -0.475 e. The predicted octanol–water partition coefficient (Wildman–Crippen LogP) is 1.40. The quantitative estimate of drug-likeness (QED) is 0.352. The highest BCUT2D eigenvalue weighted by molar-refractivity contribution is 9.10. The lowest BCUT2D eigenvalue weighted by Gasteiger charge is -2.20. The number of carbonyl (C=O) groups is 3. The Morgan fingerprint density at radius 1 is 1.29 bits per heavy atom. The van der Waals surface area contributed by atoms with Gasteiger partial charge in [-0.3, -0.25) is 9.59 Å². The lowest BCUT2D eigenvalue weighted by Crippen LogP contribution is -2.49. The third kappa shape index (κ3) is 6.79. The minimum absolute atomic E-state index is 0.118. The fourth-order valence-corrected chi connectivity index (χ4v) is 4.79. The third-order valence-electron chi connectivity index (χ3n) is 5.24. The van der Waals surface area contributed by atoms with Gasteiger partial charge in [0.15, 0.2) is 0 Å². The Hall–Kier alpha value is -2.45. The molecule has 0 bridgehead atoms. The fraction of sp³-hybridized carbons (Fsp3) is 0.500. The van der Waals surface area contributed by atoms with Gasteiger partial charge < -0.3 is 31.1 Å². The molecular weight excluding hydrogens is 540 g/mol. The molecule has 0 radical (unpaired) electrons. The molecule has 0 spiro atoms. The Labute approximate surface area is 206 Å². The fourth-order valence-electron chi connectivity index (χ4n) is 3.47. The molecule has 3 rings (SSSR count). The second-order valence-electron chi connectivity index (χ2n) is 7.77. The Kier molecular flexibility index (Phi) is 9.08. The largest absolute Gasteiger partial charge is 0.475 e. The smallest absolute Gasteiger partial charge is 0.315 e. The highest BCUT2D eigenvalue weighted by Gasteiger charge is 2.40. The number of urea groups is 1. The summed E-state index contributed by atoms with van der Waals surface area (Å²) in [6.45, 7) is 0.609. The van der Waals surface area contributed by atoms with Crippen molar-refractivity contribution in [1.82, 2.24) is 15.5 Å². The number of nitrogens with one attached hydrogen (secondary N) is 2.